The lowest BCUT2D eigenvalue weighted by molar-refractivity contribution is 0.609. The van der Waals surface area contributed by atoms with E-state index in [0.29, 0.717) is 22.9 Å². The Kier molecular flexibility index (Phi) is 4.79. The summed E-state index contributed by atoms with van der Waals surface area (Å²) in [5.41, 5.74) is 3.78. The number of nitrogens with one attached hydrogen (secondary N) is 2. The van der Waals surface area contributed by atoms with E-state index in [1.165, 1.54) is 0 Å². The molecule has 0 radical (unpaired) electrons. The number of rotatable bonds is 5. The van der Waals surface area contributed by atoms with Gasteiger partial charge in [0.2, 0.25) is 5.95 Å². The number of hydrogen-bond donors (Lipinski definition) is 2. The molecule has 0 aliphatic heterocycles. The van der Waals surface area contributed by atoms with Crippen LogP contribution in [0.2, 0.25) is 0 Å². The van der Waals surface area contributed by atoms with Crippen molar-refractivity contribution in [1.29, 1.82) is 10.5 Å². The normalized spacial score (nSPS) is 11.4. The minimum Gasteiger partial charge on any atom is -0.464 e. The molecule has 0 bridgehead atoms. The first kappa shape index (κ1) is 18.0. The summed E-state index contributed by atoms with van der Waals surface area (Å²) < 4.78 is 5.61. The second-order valence-electron chi connectivity index (χ2n) is 6.46. The van der Waals surface area contributed by atoms with Gasteiger partial charge in [0.25, 0.3) is 0 Å². The Morgan fingerprint density at radius 3 is 2.55 bits per heavy atom. The molecule has 0 fully saturated rings. The van der Waals surface area contributed by atoms with Gasteiger partial charge in [-0.25, -0.2) is 4.98 Å². The summed E-state index contributed by atoms with van der Waals surface area (Å²) in [6.07, 6.45) is 3.28. The maximum atomic E-state index is 9.14. The largest absolute Gasteiger partial charge is 0.464 e. The standard InChI is InChI=1S/C22H16N6O/c1-14(11-23)19-13-29-20-10-17(6-7-18(19)20)26-21-8-9-25-22(28-21)27-16-4-2-15(12-24)3-5-16/h2-10,13-14H,1H3,(H2,25,26,27,28). The van der Waals surface area contributed by atoms with Crippen LogP contribution in [-0.4, -0.2) is 9.97 Å². The molecule has 1 unspecified atom stereocenters. The smallest absolute Gasteiger partial charge is 0.229 e. The Balaban J connectivity index is 1.53. The second-order valence-corrected chi connectivity index (χ2v) is 6.46. The highest BCUT2D eigenvalue weighted by molar-refractivity contribution is 5.85. The van der Waals surface area contributed by atoms with Gasteiger partial charge in [-0.1, -0.05) is 0 Å². The molecule has 2 N–H and O–H groups in total. The summed E-state index contributed by atoms with van der Waals surface area (Å²) in [4.78, 5) is 8.69. The molecule has 0 saturated carbocycles. The van der Waals surface area contributed by atoms with E-state index in [1.807, 2.05) is 25.1 Å². The molecule has 2 aromatic heterocycles. The lowest BCUT2D eigenvalue weighted by Gasteiger charge is -2.09. The first-order valence-electron chi connectivity index (χ1n) is 8.94. The molecule has 1 atom stereocenters. The zero-order valence-corrected chi connectivity index (χ0v) is 15.5. The van der Waals surface area contributed by atoms with Gasteiger partial charge in [-0.2, -0.15) is 15.5 Å². The number of hydrogen-bond acceptors (Lipinski definition) is 7. The Hall–Kier alpha value is -4.36. The average Bonchev–Trinajstić information content (AvgIpc) is 3.17. The second kappa shape index (κ2) is 7.71. The predicted octanol–water partition coefficient (Wildman–Crippen LogP) is 5.21. The van der Waals surface area contributed by atoms with E-state index < -0.39 is 0 Å². The molecule has 4 aromatic rings. The third kappa shape index (κ3) is 3.85. The molecule has 7 nitrogen and oxygen atoms in total. The summed E-state index contributed by atoms with van der Waals surface area (Å²) >= 11 is 0. The molecule has 0 aliphatic carbocycles. The van der Waals surface area contributed by atoms with Crippen molar-refractivity contribution in [2.24, 2.45) is 0 Å². The van der Waals surface area contributed by atoms with E-state index in [1.54, 1.807) is 42.8 Å². The van der Waals surface area contributed by atoms with Crippen molar-refractivity contribution in [3.63, 3.8) is 0 Å². The third-order valence-electron chi connectivity index (χ3n) is 4.46. The number of fused-ring (bicyclic) bond motifs is 1. The molecule has 0 spiro atoms. The fourth-order valence-electron chi connectivity index (χ4n) is 2.93. The molecule has 2 aromatic carbocycles. The van der Waals surface area contributed by atoms with Gasteiger partial charge >= 0.3 is 0 Å². The van der Waals surface area contributed by atoms with E-state index >= 15 is 0 Å². The minimum atomic E-state index is -0.229. The van der Waals surface area contributed by atoms with Gasteiger partial charge in [0, 0.05) is 34.6 Å². The van der Waals surface area contributed by atoms with Gasteiger partial charge in [-0.05, 0) is 49.4 Å². The number of nitriles is 2. The highest BCUT2D eigenvalue weighted by Crippen LogP contribution is 2.30. The molecule has 29 heavy (non-hydrogen) atoms. The first-order chi connectivity index (χ1) is 14.2. The van der Waals surface area contributed by atoms with E-state index in [-0.39, 0.29) is 5.92 Å². The molecular formula is C22H16N6O. The van der Waals surface area contributed by atoms with Crippen LogP contribution in [0.4, 0.5) is 23.1 Å². The Morgan fingerprint density at radius 2 is 1.79 bits per heavy atom. The van der Waals surface area contributed by atoms with Crippen molar-refractivity contribution in [3.05, 3.63) is 72.1 Å². The number of aromatic nitrogens is 2. The molecular weight excluding hydrogens is 364 g/mol. The summed E-state index contributed by atoms with van der Waals surface area (Å²) in [6, 6.07) is 18.9. The number of anilines is 4. The van der Waals surface area contributed by atoms with Crippen molar-refractivity contribution in [2.45, 2.75) is 12.8 Å². The lowest BCUT2D eigenvalue weighted by atomic mass is 10.0. The first-order valence-corrected chi connectivity index (χ1v) is 8.94. The van der Waals surface area contributed by atoms with E-state index in [4.69, 9.17) is 14.9 Å². The molecule has 140 valence electrons. The summed E-state index contributed by atoms with van der Waals surface area (Å²) in [5, 5.41) is 25.3. The van der Waals surface area contributed by atoms with Crippen LogP contribution in [0.5, 0.6) is 0 Å². The van der Waals surface area contributed by atoms with Crippen LogP contribution in [0.3, 0.4) is 0 Å². The van der Waals surface area contributed by atoms with Gasteiger partial charge in [-0.3, -0.25) is 0 Å². The van der Waals surface area contributed by atoms with Crippen LogP contribution in [0, 0.1) is 22.7 Å². The maximum absolute atomic E-state index is 9.14. The van der Waals surface area contributed by atoms with Crippen LogP contribution in [0.25, 0.3) is 11.0 Å². The highest BCUT2D eigenvalue weighted by Gasteiger charge is 2.12. The zero-order chi connectivity index (χ0) is 20.2. The average molecular weight is 380 g/mol. The monoisotopic (exact) mass is 380 g/mol. The Bertz CT molecular complexity index is 1250. The highest BCUT2D eigenvalue weighted by atomic mass is 16.3. The van der Waals surface area contributed by atoms with Crippen molar-refractivity contribution in [3.8, 4) is 12.1 Å². The van der Waals surface area contributed by atoms with Gasteiger partial charge in [0.1, 0.15) is 11.4 Å². The van der Waals surface area contributed by atoms with Crippen molar-refractivity contribution >= 4 is 34.1 Å². The van der Waals surface area contributed by atoms with E-state index in [2.05, 4.69) is 32.7 Å². The number of benzene rings is 2. The SMILES string of the molecule is CC(C#N)c1coc2cc(Nc3ccnc(Nc4ccc(C#N)cc4)n3)ccc12. The summed E-state index contributed by atoms with van der Waals surface area (Å²) in [6.45, 7) is 1.85. The van der Waals surface area contributed by atoms with E-state index in [0.717, 1.165) is 22.3 Å². The van der Waals surface area contributed by atoms with Gasteiger partial charge < -0.3 is 15.1 Å². The fraction of sp³-hybridized carbons (Fsp3) is 0.0909. The van der Waals surface area contributed by atoms with Crippen molar-refractivity contribution in [1.82, 2.24) is 9.97 Å². The van der Waals surface area contributed by atoms with Crippen molar-refractivity contribution < 1.29 is 4.42 Å². The molecule has 0 amide bonds. The lowest BCUT2D eigenvalue weighted by Crippen LogP contribution is -2.00. The quantitative estimate of drug-likeness (QED) is 0.489. The van der Waals surface area contributed by atoms with E-state index in [9.17, 15) is 0 Å². The van der Waals surface area contributed by atoms with Crippen LogP contribution >= 0.6 is 0 Å². The minimum absolute atomic E-state index is 0.229. The number of nitrogens with zero attached hydrogens (tertiary/aromatic N) is 4. The molecule has 0 aliphatic rings. The Labute approximate surface area is 167 Å². The van der Waals surface area contributed by atoms with Crippen LogP contribution in [-0.2, 0) is 0 Å². The predicted molar refractivity (Wildman–Crippen MR) is 110 cm³/mol. The van der Waals surface area contributed by atoms with Crippen LogP contribution < -0.4 is 10.6 Å². The maximum Gasteiger partial charge on any atom is 0.229 e. The van der Waals surface area contributed by atoms with Gasteiger partial charge in [0.05, 0.1) is 29.9 Å². The Morgan fingerprint density at radius 1 is 1.00 bits per heavy atom. The third-order valence-corrected chi connectivity index (χ3v) is 4.46. The fourth-order valence-corrected chi connectivity index (χ4v) is 2.93. The van der Waals surface area contributed by atoms with Crippen LogP contribution in [0.15, 0.2) is 65.4 Å². The topological polar surface area (TPSA) is 111 Å². The molecule has 4 rings (SSSR count). The zero-order valence-electron chi connectivity index (χ0n) is 15.5. The molecule has 2 heterocycles. The van der Waals surface area contributed by atoms with Gasteiger partial charge in [0.15, 0.2) is 0 Å². The number of furan rings is 1. The molecule has 0 saturated heterocycles. The van der Waals surface area contributed by atoms with Crippen molar-refractivity contribution in [2.75, 3.05) is 10.6 Å². The summed E-state index contributed by atoms with van der Waals surface area (Å²) in [7, 11) is 0. The summed E-state index contributed by atoms with van der Waals surface area (Å²) in [5.74, 6) is 0.823. The van der Waals surface area contributed by atoms with Crippen LogP contribution in [0.1, 0.15) is 24.0 Å². The van der Waals surface area contributed by atoms with Gasteiger partial charge in [-0.15, -0.1) is 0 Å². The molecule has 7 heteroatoms.